The average molecular weight is 463 g/mol. The average Bonchev–Trinajstić information content (AvgIpc) is 3.38. The van der Waals surface area contributed by atoms with Crippen molar-refractivity contribution in [2.45, 2.75) is 39.0 Å². The summed E-state index contributed by atoms with van der Waals surface area (Å²) >= 11 is 0. The van der Waals surface area contributed by atoms with Gasteiger partial charge >= 0.3 is 0 Å². The van der Waals surface area contributed by atoms with E-state index in [0.717, 1.165) is 16.8 Å². The molecule has 1 saturated heterocycles. The largest absolute Gasteiger partial charge is 0.459 e. The molecule has 1 aromatic heterocycles. The van der Waals surface area contributed by atoms with Crippen molar-refractivity contribution in [2.75, 3.05) is 23.4 Å². The molecule has 4 rings (SSSR count). The minimum absolute atomic E-state index is 0.109. The highest BCUT2D eigenvalue weighted by atomic mass is 16.5. The van der Waals surface area contributed by atoms with E-state index in [1.54, 1.807) is 24.3 Å². The van der Waals surface area contributed by atoms with Crippen LogP contribution in [0, 0.1) is 0 Å². The molecule has 2 atom stereocenters. The lowest BCUT2D eigenvalue weighted by Crippen LogP contribution is -2.50. The van der Waals surface area contributed by atoms with Crippen LogP contribution in [0.1, 0.15) is 45.9 Å². The number of carbonyl (C=O) groups excluding carboxylic acids is 2. The zero-order valence-electron chi connectivity index (χ0n) is 19.4. The first-order valence-electron chi connectivity index (χ1n) is 11.4. The van der Waals surface area contributed by atoms with Crippen LogP contribution in [0.15, 0.2) is 65.3 Å². The predicted octanol–water partition coefficient (Wildman–Crippen LogP) is 3.53. The second-order valence-electron chi connectivity index (χ2n) is 8.51. The molecule has 1 fully saturated rings. The van der Waals surface area contributed by atoms with E-state index in [9.17, 15) is 9.59 Å². The summed E-state index contributed by atoms with van der Waals surface area (Å²) in [6, 6.07) is 16.6. The van der Waals surface area contributed by atoms with Gasteiger partial charge in [-0.15, -0.1) is 0 Å². The molecule has 2 aromatic carbocycles. The van der Waals surface area contributed by atoms with Gasteiger partial charge in [0.05, 0.1) is 30.9 Å². The molecule has 8 heteroatoms. The zero-order chi connectivity index (χ0) is 24.1. The summed E-state index contributed by atoms with van der Waals surface area (Å²) in [5, 5.41) is 5.87. The van der Waals surface area contributed by atoms with Crippen LogP contribution in [-0.4, -0.2) is 37.1 Å². The molecular weight excluding hydrogens is 432 g/mol. The Morgan fingerprint density at radius 2 is 1.76 bits per heavy atom. The second kappa shape index (κ2) is 10.5. The van der Waals surface area contributed by atoms with Crippen molar-refractivity contribution in [3.05, 3.63) is 83.3 Å². The van der Waals surface area contributed by atoms with Crippen molar-refractivity contribution in [1.29, 1.82) is 0 Å². The second-order valence-corrected chi connectivity index (χ2v) is 8.51. The van der Waals surface area contributed by atoms with Crippen LogP contribution in [0.3, 0.4) is 0 Å². The van der Waals surface area contributed by atoms with Gasteiger partial charge in [0.2, 0.25) is 0 Å². The highest BCUT2D eigenvalue weighted by Crippen LogP contribution is 2.32. The molecule has 0 spiro atoms. The number of hydrogen-bond donors (Lipinski definition) is 3. The molecule has 0 saturated carbocycles. The third-order valence-corrected chi connectivity index (χ3v) is 5.88. The van der Waals surface area contributed by atoms with E-state index in [2.05, 4.69) is 29.4 Å². The van der Waals surface area contributed by atoms with E-state index in [0.29, 0.717) is 37.6 Å². The summed E-state index contributed by atoms with van der Waals surface area (Å²) in [4.78, 5) is 27.9. The first-order chi connectivity index (χ1) is 16.5. The molecule has 8 nitrogen and oxygen atoms in total. The van der Waals surface area contributed by atoms with Crippen LogP contribution >= 0.6 is 0 Å². The molecule has 0 aliphatic carbocycles. The molecule has 1 aliphatic heterocycles. The minimum Gasteiger partial charge on any atom is -0.459 e. The van der Waals surface area contributed by atoms with E-state index in [1.165, 1.54) is 6.26 Å². The lowest BCUT2D eigenvalue weighted by Gasteiger charge is -2.41. The number of hydrogen-bond acceptors (Lipinski definition) is 6. The van der Waals surface area contributed by atoms with Gasteiger partial charge in [-0.2, -0.15) is 0 Å². The number of furan rings is 1. The number of morpholine rings is 1. The van der Waals surface area contributed by atoms with Gasteiger partial charge in [-0.25, -0.2) is 0 Å². The van der Waals surface area contributed by atoms with E-state index in [-0.39, 0.29) is 29.7 Å². The third kappa shape index (κ3) is 5.30. The Labute approximate surface area is 199 Å². The number of nitrogens with two attached hydrogens (primary N) is 1. The monoisotopic (exact) mass is 462 g/mol. The Morgan fingerprint density at radius 1 is 1.00 bits per heavy atom. The SMILES string of the molecule is CC1COCC(C)N1c1ccc(C(=O)NCc2cccc(CN)c2)cc1NC(=O)c1ccco1. The first kappa shape index (κ1) is 23.5. The fraction of sp³-hybridized carbons (Fsp3) is 0.308. The number of nitrogens with one attached hydrogen (secondary N) is 2. The van der Waals surface area contributed by atoms with Crippen LogP contribution in [0.2, 0.25) is 0 Å². The van der Waals surface area contributed by atoms with Crippen molar-refractivity contribution < 1.29 is 18.7 Å². The molecule has 0 bridgehead atoms. The molecule has 0 radical (unpaired) electrons. The molecule has 178 valence electrons. The van der Waals surface area contributed by atoms with Gasteiger partial charge in [0.1, 0.15) is 0 Å². The fourth-order valence-electron chi connectivity index (χ4n) is 4.22. The number of benzene rings is 2. The predicted molar refractivity (Wildman–Crippen MR) is 131 cm³/mol. The van der Waals surface area contributed by atoms with Gasteiger partial charge in [-0.1, -0.05) is 24.3 Å². The summed E-state index contributed by atoms with van der Waals surface area (Å²) in [5.41, 5.74) is 9.50. The summed E-state index contributed by atoms with van der Waals surface area (Å²) in [7, 11) is 0. The topological polar surface area (TPSA) is 110 Å². The summed E-state index contributed by atoms with van der Waals surface area (Å²) < 4.78 is 10.9. The third-order valence-electron chi connectivity index (χ3n) is 5.88. The molecule has 1 aliphatic rings. The normalized spacial score (nSPS) is 17.9. The van der Waals surface area contributed by atoms with Crippen molar-refractivity contribution in [1.82, 2.24) is 5.32 Å². The lowest BCUT2D eigenvalue weighted by atomic mass is 10.1. The molecule has 34 heavy (non-hydrogen) atoms. The van der Waals surface area contributed by atoms with Crippen molar-refractivity contribution >= 4 is 23.2 Å². The van der Waals surface area contributed by atoms with Gasteiger partial charge < -0.3 is 30.4 Å². The van der Waals surface area contributed by atoms with Gasteiger partial charge in [0, 0.05) is 30.7 Å². The smallest absolute Gasteiger partial charge is 0.291 e. The summed E-state index contributed by atoms with van der Waals surface area (Å²) in [6.07, 6.45) is 1.45. The maximum absolute atomic E-state index is 13.0. The van der Waals surface area contributed by atoms with Crippen LogP contribution < -0.4 is 21.3 Å². The van der Waals surface area contributed by atoms with E-state index in [4.69, 9.17) is 14.9 Å². The van der Waals surface area contributed by atoms with Gasteiger partial charge in [-0.3, -0.25) is 9.59 Å². The summed E-state index contributed by atoms with van der Waals surface area (Å²) in [5.74, 6) is -0.416. The molecular formula is C26H30N4O4. The van der Waals surface area contributed by atoms with E-state index < -0.39 is 0 Å². The number of nitrogens with zero attached hydrogens (tertiary/aromatic N) is 1. The van der Waals surface area contributed by atoms with Gasteiger partial charge in [-0.05, 0) is 55.3 Å². The van der Waals surface area contributed by atoms with Crippen molar-refractivity contribution in [3.63, 3.8) is 0 Å². The highest BCUT2D eigenvalue weighted by Gasteiger charge is 2.28. The Kier molecular flexibility index (Phi) is 7.30. The standard InChI is InChI=1S/C26H30N4O4/c1-17-15-33-16-18(2)30(17)23-9-8-21(12-22(23)29-26(32)24-7-4-10-34-24)25(31)28-14-20-6-3-5-19(11-20)13-27/h3-12,17-18H,13-16,27H2,1-2H3,(H,28,31)(H,29,32). The fourth-order valence-corrected chi connectivity index (χ4v) is 4.22. The van der Waals surface area contributed by atoms with Crippen LogP contribution in [0.25, 0.3) is 0 Å². The Balaban J connectivity index is 1.59. The Bertz CT molecular complexity index is 1140. The minimum atomic E-state index is -0.379. The van der Waals surface area contributed by atoms with E-state index >= 15 is 0 Å². The number of amides is 2. The molecule has 4 N–H and O–H groups in total. The highest BCUT2D eigenvalue weighted by molar-refractivity contribution is 6.05. The van der Waals surface area contributed by atoms with E-state index in [1.807, 2.05) is 30.3 Å². The number of anilines is 2. The summed E-state index contributed by atoms with van der Waals surface area (Å²) in [6.45, 7) is 6.13. The molecule has 2 heterocycles. The quantitative estimate of drug-likeness (QED) is 0.496. The maximum atomic E-state index is 13.0. The lowest BCUT2D eigenvalue weighted by molar-refractivity contribution is 0.0757. The first-order valence-corrected chi connectivity index (χ1v) is 11.4. The van der Waals surface area contributed by atoms with Crippen LogP contribution in [0.5, 0.6) is 0 Å². The molecule has 2 unspecified atom stereocenters. The maximum Gasteiger partial charge on any atom is 0.291 e. The number of carbonyl (C=O) groups is 2. The number of ether oxygens (including phenoxy) is 1. The van der Waals surface area contributed by atoms with Crippen LogP contribution in [0.4, 0.5) is 11.4 Å². The van der Waals surface area contributed by atoms with Gasteiger partial charge in [0.25, 0.3) is 11.8 Å². The molecule has 2 amide bonds. The molecule has 3 aromatic rings. The van der Waals surface area contributed by atoms with Crippen molar-refractivity contribution in [3.8, 4) is 0 Å². The zero-order valence-corrected chi connectivity index (χ0v) is 19.4. The van der Waals surface area contributed by atoms with Crippen LogP contribution in [-0.2, 0) is 17.8 Å². The van der Waals surface area contributed by atoms with Gasteiger partial charge in [0.15, 0.2) is 5.76 Å². The Hall–Kier alpha value is -3.62. The van der Waals surface area contributed by atoms with Crippen molar-refractivity contribution in [2.24, 2.45) is 5.73 Å². The number of rotatable bonds is 7. The Morgan fingerprint density at radius 3 is 2.47 bits per heavy atom.